The number of carbonyl (C=O) groups is 1. The summed E-state index contributed by atoms with van der Waals surface area (Å²) < 4.78 is 3.07. The van der Waals surface area contributed by atoms with E-state index in [2.05, 4.69) is 25.4 Å². The van der Waals surface area contributed by atoms with Crippen LogP contribution in [0.1, 0.15) is 23.6 Å². The van der Waals surface area contributed by atoms with Crippen molar-refractivity contribution < 1.29 is 4.79 Å². The van der Waals surface area contributed by atoms with Crippen LogP contribution in [-0.4, -0.2) is 35.2 Å². The molecule has 0 spiro atoms. The molecule has 3 N–H and O–H groups in total. The highest BCUT2D eigenvalue weighted by Crippen LogP contribution is 2.17. The van der Waals surface area contributed by atoms with Crippen LogP contribution in [0.4, 0.5) is 5.69 Å². The summed E-state index contributed by atoms with van der Waals surface area (Å²) in [7, 11) is 1.52. The number of fused-ring (bicyclic) bond motifs is 1. The molecule has 0 radical (unpaired) electrons. The minimum Gasteiger partial charge on any atom is -0.336 e. The van der Waals surface area contributed by atoms with Gasteiger partial charge in [-0.3, -0.25) is 19.1 Å². The number of aromatic nitrogens is 6. The van der Waals surface area contributed by atoms with Crippen LogP contribution in [0.25, 0.3) is 16.9 Å². The molecule has 0 bridgehead atoms. The molecule has 0 saturated heterocycles. The van der Waals surface area contributed by atoms with Crippen molar-refractivity contribution in [3.05, 3.63) is 68.4 Å². The van der Waals surface area contributed by atoms with Crippen molar-refractivity contribution in [2.75, 3.05) is 5.32 Å². The lowest BCUT2D eigenvalue weighted by Gasteiger charge is -2.08. The predicted molar refractivity (Wildman–Crippen MR) is 112 cm³/mol. The first kappa shape index (κ1) is 19.4. The van der Waals surface area contributed by atoms with Crippen LogP contribution in [0.3, 0.4) is 0 Å². The van der Waals surface area contributed by atoms with E-state index >= 15 is 0 Å². The lowest BCUT2D eigenvalue weighted by atomic mass is 10.2. The molecule has 0 aliphatic carbocycles. The van der Waals surface area contributed by atoms with Crippen LogP contribution >= 0.6 is 0 Å². The van der Waals surface area contributed by atoms with Crippen LogP contribution in [0.2, 0.25) is 0 Å². The number of H-pyrrole nitrogens is 2. The molecule has 0 saturated carbocycles. The number of nitrogens with zero attached hydrogens (tertiary/aromatic N) is 4. The van der Waals surface area contributed by atoms with E-state index in [-0.39, 0.29) is 23.5 Å². The maximum absolute atomic E-state index is 12.4. The third-order valence-corrected chi connectivity index (χ3v) is 4.78. The van der Waals surface area contributed by atoms with Crippen molar-refractivity contribution in [2.24, 2.45) is 7.05 Å². The number of imidazole rings is 1. The van der Waals surface area contributed by atoms with Gasteiger partial charge in [0, 0.05) is 31.3 Å². The molecule has 0 fully saturated rings. The lowest BCUT2D eigenvalue weighted by molar-refractivity contribution is -0.116. The van der Waals surface area contributed by atoms with E-state index in [0.29, 0.717) is 17.9 Å². The van der Waals surface area contributed by atoms with Gasteiger partial charge in [-0.25, -0.2) is 14.5 Å². The second kappa shape index (κ2) is 7.47. The van der Waals surface area contributed by atoms with Gasteiger partial charge >= 0.3 is 5.69 Å². The van der Waals surface area contributed by atoms with Gasteiger partial charge in [0.05, 0.1) is 11.4 Å². The Morgan fingerprint density at radius 1 is 1.17 bits per heavy atom. The van der Waals surface area contributed by atoms with Crippen LogP contribution < -0.4 is 16.6 Å². The molecule has 3 aromatic heterocycles. The summed E-state index contributed by atoms with van der Waals surface area (Å²) in [5.74, 6) is 0.270. The topological polar surface area (TPSA) is 130 Å². The van der Waals surface area contributed by atoms with Gasteiger partial charge in [-0.2, -0.15) is 5.10 Å². The smallest absolute Gasteiger partial charge is 0.329 e. The van der Waals surface area contributed by atoms with Crippen LogP contribution in [-0.2, 0) is 18.3 Å². The molecule has 4 aromatic rings. The van der Waals surface area contributed by atoms with Crippen molar-refractivity contribution in [1.82, 2.24) is 29.3 Å². The van der Waals surface area contributed by atoms with Gasteiger partial charge < -0.3 is 10.3 Å². The molecule has 0 unspecified atom stereocenters. The lowest BCUT2D eigenvalue weighted by Crippen LogP contribution is -2.28. The Balaban J connectivity index is 1.46. The molecular formula is C20H21N7O3. The number of nitrogens with one attached hydrogen (secondary N) is 3. The first-order valence-electron chi connectivity index (χ1n) is 9.43. The number of amides is 1. The van der Waals surface area contributed by atoms with Crippen molar-refractivity contribution in [1.29, 1.82) is 0 Å². The van der Waals surface area contributed by atoms with Gasteiger partial charge in [0.25, 0.3) is 5.56 Å². The van der Waals surface area contributed by atoms with E-state index in [4.69, 9.17) is 0 Å². The van der Waals surface area contributed by atoms with Crippen LogP contribution in [0.15, 0.2) is 39.9 Å². The third-order valence-electron chi connectivity index (χ3n) is 4.78. The number of hydrogen-bond acceptors (Lipinski definition) is 5. The third kappa shape index (κ3) is 3.66. The number of carbonyl (C=O) groups excluding carboxylic acids is 1. The monoisotopic (exact) mass is 407 g/mol. The number of aryl methyl sites for hydroxylation is 4. The average molecular weight is 407 g/mol. The number of hydrogen-bond donors (Lipinski definition) is 3. The Kier molecular flexibility index (Phi) is 4.82. The molecule has 0 aliphatic rings. The number of benzene rings is 1. The normalized spacial score (nSPS) is 11.2. The van der Waals surface area contributed by atoms with E-state index in [1.54, 1.807) is 0 Å². The molecule has 154 valence electrons. The molecular weight excluding hydrogens is 386 g/mol. The zero-order valence-electron chi connectivity index (χ0n) is 16.8. The standard InChI is InChI=1S/C20H21N7O3/c1-11-9-12(2)27(25-11)14-6-4-5-13(10-14)21-16(28)8-7-15-22-17-18(23-15)26(3)20(30)24-19(17)29/h4-6,9-10H,7-8H2,1-3H3,(H,21,28)(H,22,23)(H,24,29,30). The first-order valence-corrected chi connectivity index (χ1v) is 9.43. The Hall–Kier alpha value is -3.95. The second-order valence-corrected chi connectivity index (χ2v) is 7.14. The average Bonchev–Trinajstić information content (AvgIpc) is 3.28. The van der Waals surface area contributed by atoms with E-state index in [1.165, 1.54) is 11.6 Å². The van der Waals surface area contributed by atoms with Crippen molar-refractivity contribution in [2.45, 2.75) is 26.7 Å². The fourth-order valence-corrected chi connectivity index (χ4v) is 3.33. The summed E-state index contributed by atoms with van der Waals surface area (Å²) in [5, 5.41) is 7.33. The second-order valence-electron chi connectivity index (χ2n) is 7.14. The van der Waals surface area contributed by atoms with Gasteiger partial charge in [0.1, 0.15) is 11.3 Å². The fraction of sp³-hybridized carbons (Fsp3) is 0.250. The van der Waals surface area contributed by atoms with E-state index in [1.807, 2.05) is 48.9 Å². The zero-order chi connectivity index (χ0) is 21.4. The minimum atomic E-state index is -0.536. The van der Waals surface area contributed by atoms with E-state index < -0.39 is 11.2 Å². The molecule has 0 atom stereocenters. The molecule has 30 heavy (non-hydrogen) atoms. The first-order chi connectivity index (χ1) is 14.3. The van der Waals surface area contributed by atoms with Crippen LogP contribution in [0.5, 0.6) is 0 Å². The summed E-state index contributed by atoms with van der Waals surface area (Å²) in [6.07, 6.45) is 0.459. The largest absolute Gasteiger partial charge is 0.336 e. The summed E-state index contributed by atoms with van der Waals surface area (Å²) in [6, 6.07) is 9.43. The van der Waals surface area contributed by atoms with Gasteiger partial charge in [-0.1, -0.05) is 6.07 Å². The SMILES string of the molecule is Cc1cc(C)n(-c2cccc(NC(=O)CCc3nc4c([nH]3)c(=O)[nH]c(=O)n4C)c2)n1. The highest BCUT2D eigenvalue weighted by atomic mass is 16.2. The summed E-state index contributed by atoms with van der Waals surface area (Å²) in [5.41, 5.74) is 2.85. The fourth-order valence-electron chi connectivity index (χ4n) is 3.33. The highest BCUT2D eigenvalue weighted by molar-refractivity contribution is 5.91. The molecule has 4 rings (SSSR count). The minimum absolute atomic E-state index is 0.163. The molecule has 0 aliphatic heterocycles. The molecule has 3 heterocycles. The molecule has 10 nitrogen and oxygen atoms in total. The van der Waals surface area contributed by atoms with Gasteiger partial charge in [0.2, 0.25) is 5.91 Å². The van der Waals surface area contributed by atoms with Crippen molar-refractivity contribution in [3.63, 3.8) is 0 Å². The Labute approximate surface area is 170 Å². The number of aromatic amines is 2. The quantitative estimate of drug-likeness (QED) is 0.459. The molecule has 1 amide bonds. The highest BCUT2D eigenvalue weighted by Gasteiger charge is 2.12. The van der Waals surface area contributed by atoms with Gasteiger partial charge in [-0.05, 0) is 38.1 Å². The zero-order valence-corrected chi connectivity index (χ0v) is 16.8. The Bertz CT molecular complexity index is 1370. The number of anilines is 1. The van der Waals surface area contributed by atoms with Gasteiger partial charge in [0.15, 0.2) is 5.65 Å². The number of rotatable bonds is 5. The summed E-state index contributed by atoms with van der Waals surface area (Å²) in [6.45, 7) is 3.90. The summed E-state index contributed by atoms with van der Waals surface area (Å²) in [4.78, 5) is 45.3. The maximum atomic E-state index is 12.4. The molecule has 10 heteroatoms. The van der Waals surface area contributed by atoms with E-state index in [9.17, 15) is 14.4 Å². The van der Waals surface area contributed by atoms with Gasteiger partial charge in [-0.15, -0.1) is 0 Å². The van der Waals surface area contributed by atoms with Crippen LogP contribution in [0, 0.1) is 13.8 Å². The Morgan fingerprint density at radius 2 is 1.97 bits per heavy atom. The predicted octanol–water partition coefficient (Wildman–Crippen LogP) is 1.32. The van der Waals surface area contributed by atoms with Crippen molar-refractivity contribution in [3.8, 4) is 5.69 Å². The molecule has 1 aromatic carbocycles. The maximum Gasteiger partial charge on any atom is 0.329 e. The van der Waals surface area contributed by atoms with Crippen molar-refractivity contribution >= 4 is 22.8 Å². The van der Waals surface area contributed by atoms with E-state index in [0.717, 1.165) is 17.1 Å². The Morgan fingerprint density at radius 3 is 2.70 bits per heavy atom. The summed E-state index contributed by atoms with van der Waals surface area (Å²) >= 11 is 0.